The maximum Gasteiger partial charge on any atom is 0.337 e. The van der Waals surface area contributed by atoms with Crippen LogP contribution in [0.15, 0.2) is 18.7 Å². The van der Waals surface area contributed by atoms with Crippen molar-refractivity contribution < 1.29 is 18.7 Å². The van der Waals surface area contributed by atoms with Crippen LogP contribution in [0.5, 0.6) is 5.75 Å². The SMILES string of the molecule is C=C(C(=O)OC)c1cc(Cl)c(F)c(OC)c1. The second-order valence-electron chi connectivity index (χ2n) is 2.94. The molecule has 0 aliphatic carbocycles. The molecule has 1 aromatic rings. The number of carbonyl (C=O) groups is 1. The van der Waals surface area contributed by atoms with Crippen LogP contribution < -0.4 is 4.74 Å². The summed E-state index contributed by atoms with van der Waals surface area (Å²) in [6.07, 6.45) is 0. The Morgan fingerprint density at radius 1 is 1.44 bits per heavy atom. The number of hydrogen-bond donors (Lipinski definition) is 0. The summed E-state index contributed by atoms with van der Waals surface area (Å²) in [5, 5.41) is -0.139. The highest BCUT2D eigenvalue weighted by Crippen LogP contribution is 2.29. The lowest BCUT2D eigenvalue weighted by Gasteiger charge is -2.08. The van der Waals surface area contributed by atoms with Crippen LogP contribution in [-0.2, 0) is 9.53 Å². The summed E-state index contributed by atoms with van der Waals surface area (Å²) in [4.78, 5) is 11.2. The van der Waals surface area contributed by atoms with E-state index in [1.165, 1.54) is 26.4 Å². The van der Waals surface area contributed by atoms with Crippen molar-refractivity contribution >= 4 is 23.1 Å². The second kappa shape index (κ2) is 4.99. The predicted octanol–water partition coefficient (Wildman–Crippen LogP) is 2.67. The van der Waals surface area contributed by atoms with Crippen LogP contribution in [0.25, 0.3) is 5.57 Å². The molecule has 0 amide bonds. The minimum Gasteiger partial charge on any atom is -0.494 e. The number of hydrogen-bond acceptors (Lipinski definition) is 3. The molecule has 5 heteroatoms. The molecule has 1 aromatic carbocycles. The van der Waals surface area contributed by atoms with E-state index in [0.717, 1.165) is 0 Å². The first-order chi connectivity index (χ1) is 7.51. The van der Waals surface area contributed by atoms with Gasteiger partial charge in [0.1, 0.15) is 0 Å². The van der Waals surface area contributed by atoms with Crippen molar-refractivity contribution in [2.24, 2.45) is 0 Å². The molecule has 0 spiro atoms. The number of halogens is 2. The molecule has 1 rings (SSSR count). The van der Waals surface area contributed by atoms with E-state index in [2.05, 4.69) is 11.3 Å². The first-order valence-electron chi connectivity index (χ1n) is 4.32. The second-order valence-corrected chi connectivity index (χ2v) is 3.35. The van der Waals surface area contributed by atoms with Crippen LogP contribution in [0, 0.1) is 5.82 Å². The van der Waals surface area contributed by atoms with Crippen LogP contribution in [-0.4, -0.2) is 20.2 Å². The van der Waals surface area contributed by atoms with Crippen molar-refractivity contribution in [1.82, 2.24) is 0 Å². The molecular weight excluding hydrogens is 235 g/mol. The van der Waals surface area contributed by atoms with Crippen LogP contribution in [0.2, 0.25) is 5.02 Å². The van der Waals surface area contributed by atoms with Gasteiger partial charge in [-0.1, -0.05) is 18.2 Å². The quantitative estimate of drug-likeness (QED) is 0.606. The van der Waals surface area contributed by atoms with E-state index in [-0.39, 0.29) is 16.3 Å². The maximum atomic E-state index is 13.3. The van der Waals surface area contributed by atoms with E-state index in [0.29, 0.717) is 5.56 Å². The zero-order valence-corrected chi connectivity index (χ0v) is 9.60. The van der Waals surface area contributed by atoms with Gasteiger partial charge in [-0.2, -0.15) is 0 Å². The number of methoxy groups -OCH3 is 2. The van der Waals surface area contributed by atoms with Gasteiger partial charge in [-0.3, -0.25) is 0 Å². The summed E-state index contributed by atoms with van der Waals surface area (Å²) in [6.45, 7) is 3.53. The number of carbonyl (C=O) groups excluding carboxylic acids is 1. The third-order valence-corrected chi connectivity index (χ3v) is 2.27. The van der Waals surface area contributed by atoms with Crippen LogP contribution in [0.1, 0.15) is 5.56 Å². The van der Waals surface area contributed by atoms with Crippen molar-refractivity contribution in [3.63, 3.8) is 0 Å². The third kappa shape index (κ3) is 2.33. The highest BCUT2D eigenvalue weighted by Gasteiger charge is 2.15. The van der Waals surface area contributed by atoms with Gasteiger partial charge in [0.2, 0.25) is 0 Å². The Morgan fingerprint density at radius 3 is 2.56 bits per heavy atom. The fourth-order valence-corrected chi connectivity index (χ4v) is 1.34. The van der Waals surface area contributed by atoms with E-state index in [9.17, 15) is 9.18 Å². The first kappa shape index (κ1) is 12.5. The van der Waals surface area contributed by atoms with Gasteiger partial charge in [-0.05, 0) is 17.7 Å². The lowest BCUT2D eigenvalue weighted by atomic mass is 10.1. The van der Waals surface area contributed by atoms with E-state index >= 15 is 0 Å². The normalized spacial score (nSPS) is 9.75. The smallest absolute Gasteiger partial charge is 0.337 e. The summed E-state index contributed by atoms with van der Waals surface area (Å²) in [7, 11) is 2.54. The van der Waals surface area contributed by atoms with Gasteiger partial charge in [0, 0.05) is 0 Å². The Morgan fingerprint density at radius 2 is 2.06 bits per heavy atom. The molecular formula is C11H10ClFO3. The van der Waals surface area contributed by atoms with Crippen molar-refractivity contribution in [2.45, 2.75) is 0 Å². The van der Waals surface area contributed by atoms with Crippen LogP contribution >= 0.6 is 11.6 Å². The highest BCUT2D eigenvalue weighted by atomic mass is 35.5. The van der Waals surface area contributed by atoms with Crippen LogP contribution in [0.4, 0.5) is 4.39 Å². The van der Waals surface area contributed by atoms with Crippen molar-refractivity contribution in [1.29, 1.82) is 0 Å². The average Bonchev–Trinajstić information content (AvgIpc) is 2.30. The largest absolute Gasteiger partial charge is 0.494 e. The van der Waals surface area contributed by atoms with E-state index in [1.54, 1.807) is 0 Å². The van der Waals surface area contributed by atoms with Crippen molar-refractivity contribution in [2.75, 3.05) is 14.2 Å². The van der Waals surface area contributed by atoms with Gasteiger partial charge in [0.25, 0.3) is 0 Å². The predicted molar refractivity (Wildman–Crippen MR) is 59.0 cm³/mol. The molecule has 0 unspecified atom stereocenters. The highest BCUT2D eigenvalue weighted by molar-refractivity contribution is 6.31. The molecule has 0 N–H and O–H groups in total. The topological polar surface area (TPSA) is 35.5 Å². The summed E-state index contributed by atoms with van der Waals surface area (Å²) in [6, 6.07) is 2.62. The maximum absolute atomic E-state index is 13.3. The van der Waals surface area contributed by atoms with Gasteiger partial charge < -0.3 is 9.47 Å². The fraction of sp³-hybridized carbons (Fsp3) is 0.182. The van der Waals surface area contributed by atoms with E-state index in [4.69, 9.17) is 16.3 Å². The number of rotatable bonds is 3. The molecule has 0 heterocycles. The lowest BCUT2D eigenvalue weighted by Crippen LogP contribution is -2.03. The summed E-state index contributed by atoms with van der Waals surface area (Å²) in [5.41, 5.74) is 0.442. The molecule has 86 valence electrons. The molecule has 0 saturated carbocycles. The molecule has 0 radical (unpaired) electrons. The number of benzene rings is 1. The molecule has 3 nitrogen and oxygen atoms in total. The minimum atomic E-state index is -0.675. The molecule has 0 atom stereocenters. The Kier molecular flexibility index (Phi) is 3.90. The van der Waals surface area contributed by atoms with Gasteiger partial charge >= 0.3 is 5.97 Å². The van der Waals surface area contributed by atoms with Crippen LogP contribution in [0.3, 0.4) is 0 Å². The molecule has 16 heavy (non-hydrogen) atoms. The summed E-state index contributed by atoms with van der Waals surface area (Å²) < 4.78 is 22.6. The Labute approximate surface area is 97.4 Å². The fourth-order valence-electron chi connectivity index (χ4n) is 1.13. The van der Waals surface area contributed by atoms with Crippen molar-refractivity contribution in [3.8, 4) is 5.75 Å². The van der Waals surface area contributed by atoms with Gasteiger partial charge in [-0.15, -0.1) is 0 Å². The molecule has 0 bridgehead atoms. The number of esters is 1. The lowest BCUT2D eigenvalue weighted by molar-refractivity contribution is -0.133. The van der Waals surface area contributed by atoms with E-state index < -0.39 is 11.8 Å². The van der Waals surface area contributed by atoms with Crippen molar-refractivity contribution in [3.05, 3.63) is 35.1 Å². The first-order valence-corrected chi connectivity index (χ1v) is 4.69. The molecule has 0 aliphatic rings. The van der Waals surface area contributed by atoms with Gasteiger partial charge in [0.15, 0.2) is 11.6 Å². The monoisotopic (exact) mass is 244 g/mol. The standard InChI is InChI=1S/C11H10ClFO3/c1-6(11(14)16-3)7-4-8(12)10(13)9(5-7)15-2/h4-5H,1H2,2-3H3. The Balaban J connectivity index is 3.21. The average molecular weight is 245 g/mol. The Bertz CT molecular complexity index is 443. The molecule has 0 aromatic heterocycles. The molecule has 0 fully saturated rings. The van der Waals surface area contributed by atoms with E-state index in [1.807, 2.05) is 0 Å². The summed E-state index contributed by atoms with van der Waals surface area (Å²) >= 11 is 5.64. The van der Waals surface area contributed by atoms with Gasteiger partial charge in [-0.25, -0.2) is 9.18 Å². The summed E-state index contributed by atoms with van der Waals surface area (Å²) in [5.74, 6) is -1.33. The third-order valence-electron chi connectivity index (χ3n) is 2.00. The molecule has 0 aliphatic heterocycles. The zero-order valence-electron chi connectivity index (χ0n) is 8.84. The minimum absolute atomic E-state index is 0.0486. The van der Waals surface area contributed by atoms with Gasteiger partial charge in [0.05, 0.1) is 24.8 Å². The molecule has 0 saturated heterocycles. The number of ether oxygens (including phenoxy) is 2. The Hall–Kier alpha value is -1.55. The zero-order chi connectivity index (χ0) is 12.3.